The van der Waals surface area contributed by atoms with Crippen LogP contribution in [0.15, 0.2) is 5.38 Å². The van der Waals surface area contributed by atoms with Gasteiger partial charge in [0.25, 0.3) is 5.91 Å². The van der Waals surface area contributed by atoms with Crippen LogP contribution in [-0.4, -0.2) is 25.1 Å². The number of anilines is 1. The number of hydrogen-bond acceptors (Lipinski definition) is 6. The van der Waals surface area contributed by atoms with Crippen molar-refractivity contribution in [2.75, 3.05) is 11.5 Å². The van der Waals surface area contributed by atoms with Crippen LogP contribution in [0.5, 0.6) is 0 Å². The Hall–Kier alpha value is -1.15. The highest BCUT2D eigenvalue weighted by molar-refractivity contribution is 7.90. The zero-order chi connectivity index (χ0) is 10.8. The maximum atomic E-state index is 11.2. The van der Waals surface area contributed by atoms with Crippen molar-refractivity contribution in [1.29, 1.82) is 0 Å². The zero-order valence-electron chi connectivity index (χ0n) is 7.35. The molecule has 1 amide bonds. The van der Waals surface area contributed by atoms with Crippen LogP contribution in [0.25, 0.3) is 0 Å². The molecule has 3 N–H and O–H groups in total. The molecule has 0 fully saturated rings. The van der Waals surface area contributed by atoms with Gasteiger partial charge in [-0.3, -0.25) is 4.79 Å². The molecule has 0 unspecified atom stereocenters. The van der Waals surface area contributed by atoms with E-state index in [9.17, 15) is 13.2 Å². The van der Waals surface area contributed by atoms with Gasteiger partial charge < -0.3 is 5.73 Å². The Morgan fingerprint density at radius 2 is 2.36 bits per heavy atom. The van der Waals surface area contributed by atoms with Crippen LogP contribution >= 0.6 is 11.3 Å². The number of rotatable bonds is 3. The second-order valence-corrected chi connectivity index (χ2v) is 5.31. The summed E-state index contributed by atoms with van der Waals surface area (Å²) in [6.07, 6.45) is 0. The van der Waals surface area contributed by atoms with Crippen molar-refractivity contribution in [3.05, 3.63) is 11.1 Å². The number of nitrogens with one attached hydrogen (secondary N) is 1. The quantitative estimate of drug-likeness (QED) is 0.755. The van der Waals surface area contributed by atoms with Gasteiger partial charge in [0.15, 0.2) is 5.13 Å². The molecule has 0 aliphatic rings. The first-order chi connectivity index (χ1) is 6.44. The lowest BCUT2D eigenvalue weighted by Gasteiger charge is -2.00. The first-order valence-corrected chi connectivity index (χ1v) is 6.23. The van der Waals surface area contributed by atoms with E-state index in [-0.39, 0.29) is 16.6 Å². The van der Waals surface area contributed by atoms with Crippen LogP contribution in [-0.2, 0) is 10.0 Å². The molecule has 78 valence electrons. The van der Waals surface area contributed by atoms with Gasteiger partial charge in [0.1, 0.15) is 5.69 Å². The SMILES string of the molecule is CCS(=O)(=O)NC(=O)c1csc(N)n1. The summed E-state index contributed by atoms with van der Waals surface area (Å²) < 4.78 is 23.9. The molecule has 6 nitrogen and oxygen atoms in total. The van der Waals surface area contributed by atoms with Crippen molar-refractivity contribution < 1.29 is 13.2 Å². The molecule has 0 aliphatic carbocycles. The normalized spacial score (nSPS) is 11.2. The van der Waals surface area contributed by atoms with Gasteiger partial charge in [-0.1, -0.05) is 0 Å². The lowest BCUT2D eigenvalue weighted by atomic mass is 10.5. The van der Waals surface area contributed by atoms with Crippen LogP contribution in [0.3, 0.4) is 0 Å². The molecule has 1 aromatic heterocycles. The molecule has 0 radical (unpaired) electrons. The average molecular weight is 235 g/mol. The molecule has 0 aromatic carbocycles. The molecular formula is C6H9N3O3S2. The fourth-order valence-electron chi connectivity index (χ4n) is 0.658. The predicted molar refractivity (Wildman–Crippen MR) is 53.5 cm³/mol. The van der Waals surface area contributed by atoms with Crippen LogP contribution in [0.1, 0.15) is 17.4 Å². The molecule has 0 saturated carbocycles. The number of thiazole rings is 1. The summed E-state index contributed by atoms with van der Waals surface area (Å²) >= 11 is 1.08. The van der Waals surface area contributed by atoms with Gasteiger partial charge >= 0.3 is 0 Å². The Balaban J connectivity index is 2.78. The third-order valence-corrected chi connectivity index (χ3v) is 3.31. The second kappa shape index (κ2) is 3.93. The lowest BCUT2D eigenvalue weighted by Crippen LogP contribution is -2.31. The Kier molecular flexibility index (Phi) is 3.06. The third kappa shape index (κ3) is 2.67. The number of amides is 1. The molecule has 1 aromatic rings. The molecular weight excluding hydrogens is 226 g/mol. The Bertz CT molecular complexity index is 437. The number of carbonyl (C=O) groups is 1. The summed E-state index contributed by atoms with van der Waals surface area (Å²) in [4.78, 5) is 14.9. The van der Waals surface area contributed by atoms with Crippen LogP contribution in [0.2, 0.25) is 0 Å². The number of sulfonamides is 1. The summed E-state index contributed by atoms with van der Waals surface area (Å²) in [6, 6.07) is 0. The van der Waals surface area contributed by atoms with Gasteiger partial charge in [0.05, 0.1) is 5.75 Å². The predicted octanol–water partition coefficient (Wildman–Crippen LogP) is -0.195. The lowest BCUT2D eigenvalue weighted by molar-refractivity contribution is 0.0977. The molecule has 0 aliphatic heterocycles. The van der Waals surface area contributed by atoms with Gasteiger partial charge in [-0.25, -0.2) is 18.1 Å². The summed E-state index contributed by atoms with van der Waals surface area (Å²) in [5, 5.41) is 1.62. The zero-order valence-corrected chi connectivity index (χ0v) is 8.98. The first kappa shape index (κ1) is 10.9. The molecule has 1 rings (SSSR count). The highest BCUT2D eigenvalue weighted by atomic mass is 32.2. The van der Waals surface area contributed by atoms with Crippen molar-refractivity contribution >= 4 is 32.4 Å². The smallest absolute Gasteiger partial charge is 0.284 e. The van der Waals surface area contributed by atoms with Crippen LogP contribution < -0.4 is 10.5 Å². The maximum absolute atomic E-state index is 11.2. The van der Waals surface area contributed by atoms with Gasteiger partial charge in [0.2, 0.25) is 10.0 Å². The van der Waals surface area contributed by atoms with E-state index in [4.69, 9.17) is 5.73 Å². The molecule has 0 spiro atoms. The highest BCUT2D eigenvalue weighted by Crippen LogP contribution is 2.10. The van der Waals surface area contributed by atoms with Gasteiger partial charge in [-0.2, -0.15) is 0 Å². The highest BCUT2D eigenvalue weighted by Gasteiger charge is 2.15. The summed E-state index contributed by atoms with van der Waals surface area (Å²) in [5.41, 5.74) is 5.31. The minimum atomic E-state index is -3.53. The minimum Gasteiger partial charge on any atom is -0.375 e. The van der Waals surface area contributed by atoms with E-state index in [1.54, 1.807) is 0 Å². The standard InChI is InChI=1S/C6H9N3O3S2/c1-2-14(11,12)9-5(10)4-3-13-6(7)8-4/h3H,2H2,1H3,(H2,7,8)(H,9,10). The average Bonchev–Trinajstić information content (AvgIpc) is 2.51. The monoisotopic (exact) mass is 235 g/mol. The van der Waals surface area contributed by atoms with Gasteiger partial charge in [-0.15, -0.1) is 11.3 Å². The Morgan fingerprint density at radius 3 is 2.79 bits per heavy atom. The molecule has 8 heteroatoms. The molecule has 0 saturated heterocycles. The molecule has 0 bridgehead atoms. The summed E-state index contributed by atoms with van der Waals surface area (Å²) in [7, 11) is -3.53. The van der Waals surface area contributed by atoms with E-state index in [1.807, 2.05) is 4.72 Å². The molecule has 0 atom stereocenters. The van der Waals surface area contributed by atoms with Crippen molar-refractivity contribution in [2.45, 2.75) is 6.92 Å². The summed E-state index contributed by atoms with van der Waals surface area (Å²) in [6.45, 7) is 1.44. The summed E-state index contributed by atoms with van der Waals surface area (Å²) in [5.74, 6) is -0.905. The Labute approximate surface area is 85.2 Å². The van der Waals surface area contributed by atoms with Gasteiger partial charge in [-0.05, 0) is 6.92 Å². The molecule has 14 heavy (non-hydrogen) atoms. The van der Waals surface area contributed by atoms with E-state index in [2.05, 4.69) is 4.98 Å². The Morgan fingerprint density at radius 1 is 1.71 bits per heavy atom. The van der Waals surface area contributed by atoms with Gasteiger partial charge in [0, 0.05) is 5.38 Å². The van der Waals surface area contributed by atoms with E-state index >= 15 is 0 Å². The number of nitrogen functional groups attached to an aromatic ring is 1. The number of nitrogens with zero attached hydrogens (tertiary/aromatic N) is 1. The number of hydrogen-bond donors (Lipinski definition) is 2. The number of nitrogens with two attached hydrogens (primary N) is 1. The topological polar surface area (TPSA) is 102 Å². The first-order valence-electron chi connectivity index (χ1n) is 3.70. The fraction of sp³-hybridized carbons (Fsp3) is 0.333. The van der Waals surface area contributed by atoms with E-state index in [0.29, 0.717) is 0 Å². The van der Waals surface area contributed by atoms with Crippen LogP contribution in [0.4, 0.5) is 5.13 Å². The maximum Gasteiger partial charge on any atom is 0.284 e. The van der Waals surface area contributed by atoms with Crippen molar-refractivity contribution in [3.63, 3.8) is 0 Å². The largest absolute Gasteiger partial charge is 0.375 e. The van der Waals surface area contributed by atoms with E-state index in [0.717, 1.165) is 11.3 Å². The van der Waals surface area contributed by atoms with E-state index < -0.39 is 15.9 Å². The second-order valence-electron chi connectivity index (χ2n) is 2.41. The fourth-order valence-corrected chi connectivity index (χ4v) is 1.73. The number of carbonyl (C=O) groups excluding carboxylic acids is 1. The van der Waals surface area contributed by atoms with Crippen molar-refractivity contribution in [2.24, 2.45) is 0 Å². The van der Waals surface area contributed by atoms with Crippen LogP contribution in [0, 0.1) is 0 Å². The minimum absolute atomic E-state index is 0.0181. The van der Waals surface area contributed by atoms with Crippen molar-refractivity contribution in [3.8, 4) is 0 Å². The third-order valence-electron chi connectivity index (χ3n) is 1.38. The van der Waals surface area contributed by atoms with Crippen molar-refractivity contribution in [1.82, 2.24) is 9.71 Å². The molecule has 1 heterocycles. The van der Waals surface area contributed by atoms with E-state index in [1.165, 1.54) is 12.3 Å². The number of aromatic nitrogens is 1.